The lowest BCUT2D eigenvalue weighted by Gasteiger charge is -2.38. The van der Waals surface area contributed by atoms with E-state index >= 15 is 0 Å². The van der Waals surface area contributed by atoms with E-state index in [1.165, 1.54) is 25.6 Å². The van der Waals surface area contributed by atoms with Crippen LogP contribution < -0.4 is 9.47 Å². The molecule has 2 aliphatic rings. The van der Waals surface area contributed by atoms with Gasteiger partial charge >= 0.3 is 0 Å². The molecule has 0 amide bonds. The summed E-state index contributed by atoms with van der Waals surface area (Å²) in [5.41, 5.74) is 5.58. The molecule has 2 heterocycles. The second-order valence-electron chi connectivity index (χ2n) is 9.63. The van der Waals surface area contributed by atoms with Crippen LogP contribution in [0.1, 0.15) is 48.6 Å². The van der Waals surface area contributed by atoms with Crippen molar-refractivity contribution in [3.05, 3.63) is 88.7 Å². The van der Waals surface area contributed by atoms with Gasteiger partial charge in [0.25, 0.3) is 0 Å². The van der Waals surface area contributed by atoms with Crippen molar-refractivity contribution in [2.24, 2.45) is 5.92 Å². The molecule has 1 saturated heterocycles. The highest BCUT2D eigenvalue weighted by atomic mass is 19.1. The quantitative estimate of drug-likeness (QED) is 0.418. The van der Waals surface area contributed by atoms with E-state index in [4.69, 9.17) is 9.47 Å². The lowest BCUT2D eigenvalue weighted by molar-refractivity contribution is 0.0806. The number of phenolic OH excluding ortho intramolecular Hbond substituents is 1. The lowest BCUT2D eigenvalue weighted by Crippen LogP contribution is -2.47. The summed E-state index contributed by atoms with van der Waals surface area (Å²) in [6.45, 7) is 10.2. The molecule has 0 aliphatic carbocycles. The van der Waals surface area contributed by atoms with Crippen LogP contribution >= 0.6 is 0 Å². The fourth-order valence-corrected chi connectivity index (χ4v) is 5.10. The van der Waals surface area contributed by atoms with Gasteiger partial charge in [-0.1, -0.05) is 31.5 Å². The Morgan fingerprint density at radius 2 is 1.77 bits per heavy atom. The summed E-state index contributed by atoms with van der Waals surface area (Å²) in [5, 5.41) is 10.1. The summed E-state index contributed by atoms with van der Waals surface area (Å²) >= 11 is 0. The number of phenols is 1. The molecule has 5 rings (SSSR count). The van der Waals surface area contributed by atoms with Gasteiger partial charge < -0.3 is 14.6 Å². The Balaban J connectivity index is 1.40. The Bertz CT molecular complexity index is 1240. The van der Waals surface area contributed by atoms with E-state index in [2.05, 4.69) is 11.8 Å². The van der Waals surface area contributed by atoms with Crippen LogP contribution in [0.25, 0.3) is 11.1 Å². The third kappa shape index (κ3) is 4.78. The highest BCUT2D eigenvalue weighted by Gasteiger charge is 2.30. The smallest absolute Gasteiger partial charge is 0.150 e. The molecule has 35 heavy (non-hydrogen) atoms. The maximum atomic E-state index is 13.9. The molecule has 4 nitrogen and oxygen atoms in total. The largest absolute Gasteiger partial charge is 0.508 e. The minimum atomic E-state index is -0.364. The number of fused-ring (bicyclic) bond motifs is 1. The summed E-state index contributed by atoms with van der Waals surface area (Å²) in [7, 11) is 0. The van der Waals surface area contributed by atoms with Crippen molar-refractivity contribution in [2.75, 3.05) is 26.2 Å². The number of aromatic hydroxyl groups is 1. The Morgan fingerprint density at radius 3 is 2.49 bits per heavy atom. The molecule has 0 saturated carbocycles. The molecule has 1 N–H and O–H groups in total. The van der Waals surface area contributed by atoms with Gasteiger partial charge in [0.15, 0.2) is 0 Å². The van der Waals surface area contributed by atoms with Gasteiger partial charge in [-0.3, -0.25) is 4.90 Å². The minimum absolute atomic E-state index is 0.185. The van der Waals surface area contributed by atoms with E-state index in [1.54, 1.807) is 24.3 Å². The van der Waals surface area contributed by atoms with Gasteiger partial charge in [-0.2, -0.15) is 0 Å². The zero-order valence-electron chi connectivity index (χ0n) is 20.6. The standard InChI is InChI=1S/C30H32FNO3/c1-4-21-17-32(18-21)13-14-34-25-9-5-22(6-10-25)30-29(26-11-7-23(31)15-19(26)2)20(3)27-16-24(33)8-12-28(27)35-30/h5-12,15-16,21,30,33H,4,13-14,17-18H2,1-3H3/t30-/m1/s1. The van der Waals surface area contributed by atoms with E-state index in [1.807, 2.05) is 44.2 Å². The molecule has 3 aromatic rings. The Labute approximate surface area is 206 Å². The average Bonchev–Trinajstić information content (AvgIpc) is 2.82. The molecule has 1 fully saturated rings. The number of allylic oxidation sites excluding steroid dienone is 1. The van der Waals surface area contributed by atoms with E-state index in [0.717, 1.165) is 51.6 Å². The minimum Gasteiger partial charge on any atom is -0.508 e. The number of benzene rings is 3. The van der Waals surface area contributed by atoms with E-state index in [0.29, 0.717) is 12.4 Å². The first-order valence-corrected chi connectivity index (χ1v) is 12.4. The first kappa shape index (κ1) is 23.4. The highest BCUT2D eigenvalue weighted by Crippen LogP contribution is 2.48. The molecule has 2 aliphatic heterocycles. The number of hydrogen-bond acceptors (Lipinski definition) is 4. The summed E-state index contributed by atoms with van der Waals surface area (Å²) < 4.78 is 26.4. The first-order valence-electron chi connectivity index (χ1n) is 12.4. The number of aryl methyl sites for hydroxylation is 1. The van der Waals surface area contributed by atoms with Crippen LogP contribution in [-0.4, -0.2) is 36.2 Å². The highest BCUT2D eigenvalue weighted by molar-refractivity contribution is 5.96. The second-order valence-corrected chi connectivity index (χ2v) is 9.63. The van der Waals surface area contributed by atoms with Crippen LogP contribution in [0.5, 0.6) is 17.2 Å². The molecule has 1 atom stereocenters. The maximum Gasteiger partial charge on any atom is 0.150 e. The molecule has 0 spiro atoms. The molecular formula is C30H32FNO3. The predicted octanol–water partition coefficient (Wildman–Crippen LogP) is 6.62. The van der Waals surface area contributed by atoms with Crippen LogP contribution in [0.3, 0.4) is 0 Å². The van der Waals surface area contributed by atoms with Crippen molar-refractivity contribution in [2.45, 2.75) is 33.3 Å². The topological polar surface area (TPSA) is 41.9 Å². The Kier molecular flexibility index (Phi) is 6.52. The number of halogens is 1. The molecule has 3 aromatic carbocycles. The zero-order chi connectivity index (χ0) is 24.5. The van der Waals surface area contributed by atoms with Gasteiger partial charge in [0.2, 0.25) is 0 Å². The SMILES string of the molecule is CCC1CN(CCOc2ccc([C@H]3Oc4ccc(O)cc4C(C)=C3c3ccc(F)cc3C)cc2)C1. The van der Waals surface area contributed by atoms with Gasteiger partial charge in [0.05, 0.1) is 0 Å². The lowest BCUT2D eigenvalue weighted by atomic mass is 9.84. The summed E-state index contributed by atoms with van der Waals surface area (Å²) in [4.78, 5) is 2.43. The van der Waals surface area contributed by atoms with E-state index in [-0.39, 0.29) is 17.7 Å². The molecule has 182 valence electrons. The number of hydrogen-bond donors (Lipinski definition) is 1. The summed E-state index contributed by atoms with van der Waals surface area (Å²) in [6.07, 6.45) is 0.887. The Morgan fingerprint density at radius 1 is 1.00 bits per heavy atom. The van der Waals surface area contributed by atoms with Crippen LogP contribution in [0, 0.1) is 18.7 Å². The van der Waals surface area contributed by atoms with Crippen LogP contribution in [0.15, 0.2) is 60.7 Å². The predicted molar refractivity (Wildman–Crippen MR) is 137 cm³/mol. The van der Waals surface area contributed by atoms with Crippen molar-refractivity contribution >= 4 is 11.1 Å². The van der Waals surface area contributed by atoms with Crippen molar-refractivity contribution in [3.63, 3.8) is 0 Å². The number of ether oxygens (including phenoxy) is 2. The van der Waals surface area contributed by atoms with Crippen molar-refractivity contribution < 1.29 is 19.0 Å². The van der Waals surface area contributed by atoms with Gasteiger partial charge in [-0.05, 0) is 84.5 Å². The fraction of sp³-hybridized carbons (Fsp3) is 0.333. The normalized spacial score (nSPS) is 18.1. The van der Waals surface area contributed by atoms with Gasteiger partial charge in [-0.25, -0.2) is 4.39 Å². The van der Waals surface area contributed by atoms with Crippen LogP contribution in [0.4, 0.5) is 4.39 Å². The fourth-order valence-electron chi connectivity index (χ4n) is 5.10. The number of rotatable bonds is 7. The number of nitrogens with zero attached hydrogens (tertiary/aromatic N) is 1. The molecule has 0 radical (unpaired) electrons. The van der Waals surface area contributed by atoms with Crippen molar-refractivity contribution in [1.29, 1.82) is 0 Å². The molecule has 5 heteroatoms. The van der Waals surface area contributed by atoms with Gasteiger partial charge in [-0.15, -0.1) is 0 Å². The number of likely N-dealkylation sites (tertiary alicyclic amines) is 1. The molecular weight excluding hydrogens is 441 g/mol. The second kappa shape index (κ2) is 9.74. The average molecular weight is 474 g/mol. The summed E-state index contributed by atoms with van der Waals surface area (Å²) in [6, 6.07) is 18.0. The van der Waals surface area contributed by atoms with Crippen LogP contribution in [-0.2, 0) is 0 Å². The van der Waals surface area contributed by atoms with Crippen molar-refractivity contribution in [3.8, 4) is 17.2 Å². The third-order valence-electron chi connectivity index (χ3n) is 7.23. The zero-order valence-corrected chi connectivity index (χ0v) is 20.6. The van der Waals surface area contributed by atoms with Crippen molar-refractivity contribution in [1.82, 2.24) is 4.90 Å². The van der Waals surface area contributed by atoms with E-state index in [9.17, 15) is 9.50 Å². The van der Waals surface area contributed by atoms with Gasteiger partial charge in [0, 0.05) is 30.8 Å². The Hall–Kier alpha value is -3.31. The van der Waals surface area contributed by atoms with Crippen LogP contribution in [0.2, 0.25) is 0 Å². The molecule has 0 unspecified atom stereocenters. The monoisotopic (exact) mass is 473 g/mol. The molecule has 0 aromatic heterocycles. The van der Waals surface area contributed by atoms with E-state index < -0.39 is 0 Å². The first-order chi connectivity index (χ1) is 16.9. The summed E-state index contributed by atoms with van der Waals surface area (Å²) in [5.74, 6) is 2.32. The third-order valence-corrected chi connectivity index (χ3v) is 7.23. The van der Waals surface area contributed by atoms with Gasteiger partial charge in [0.1, 0.15) is 35.8 Å². The molecule has 0 bridgehead atoms. The maximum absolute atomic E-state index is 13.9.